The largest absolute Gasteiger partial charge is 0.462 e. The van der Waals surface area contributed by atoms with Crippen LogP contribution in [0.5, 0.6) is 0 Å². The molecular weight excluding hydrogens is 424 g/mol. The first kappa shape index (κ1) is 25.3. The van der Waals surface area contributed by atoms with E-state index in [1.54, 1.807) is 20.8 Å². The Labute approximate surface area is 195 Å². The van der Waals surface area contributed by atoms with Crippen LogP contribution in [0.25, 0.3) is 0 Å². The van der Waals surface area contributed by atoms with Gasteiger partial charge >= 0.3 is 5.97 Å². The van der Waals surface area contributed by atoms with Crippen LogP contribution < -0.4 is 0 Å². The fourth-order valence-electron chi connectivity index (χ4n) is 3.49. The minimum Gasteiger partial charge on any atom is -0.462 e. The molecule has 3 rings (SSSR count). The van der Waals surface area contributed by atoms with Gasteiger partial charge in [-0.3, -0.25) is 4.79 Å². The van der Waals surface area contributed by atoms with E-state index in [2.05, 4.69) is 0 Å². The van der Waals surface area contributed by atoms with Gasteiger partial charge in [0.1, 0.15) is 31.0 Å². The average molecular weight is 459 g/mol. The minimum atomic E-state index is -1.09. The highest BCUT2D eigenvalue weighted by molar-refractivity contribution is 5.75. The third kappa shape index (κ3) is 7.09. The maximum Gasteiger partial charge on any atom is 0.311 e. The van der Waals surface area contributed by atoms with E-state index in [1.165, 1.54) is 7.11 Å². The molecule has 0 bridgehead atoms. The molecule has 1 N–H and O–H groups in total. The van der Waals surface area contributed by atoms with E-state index in [9.17, 15) is 9.90 Å². The van der Waals surface area contributed by atoms with Crippen molar-refractivity contribution in [2.75, 3.05) is 13.7 Å². The van der Waals surface area contributed by atoms with Crippen molar-refractivity contribution in [3.8, 4) is 0 Å². The van der Waals surface area contributed by atoms with E-state index in [-0.39, 0.29) is 19.2 Å². The lowest BCUT2D eigenvalue weighted by Gasteiger charge is -2.43. The van der Waals surface area contributed by atoms with Crippen LogP contribution in [0.15, 0.2) is 60.7 Å². The Balaban J connectivity index is 1.75. The second kappa shape index (κ2) is 11.7. The fourth-order valence-corrected chi connectivity index (χ4v) is 3.49. The molecule has 1 fully saturated rings. The van der Waals surface area contributed by atoms with Gasteiger partial charge in [-0.15, -0.1) is 0 Å². The van der Waals surface area contributed by atoms with Gasteiger partial charge in [-0.05, 0) is 31.9 Å². The second-order valence-electron chi connectivity index (χ2n) is 9.14. The maximum absolute atomic E-state index is 12.2. The number of carbonyl (C=O) groups excluding carboxylic acids is 1. The molecule has 0 saturated carbocycles. The molecule has 180 valence electrons. The van der Waals surface area contributed by atoms with Gasteiger partial charge in [-0.25, -0.2) is 0 Å². The van der Waals surface area contributed by atoms with Crippen molar-refractivity contribution in [2.45, 2.75) is 64.7 Å². The molecule has 5 atom stereocenters. The molecule has 0 unspecified atom stereocenters. The number of aliphatic hydroxyl groups is 1. The molecule has 7 heteroatoms. The van der Waals surface area contributed by atoms with Crippen LogP contribution in [-0.4, -0.2) is 55.5 Å². The molecular formula is C26H34O7. The van der Waals surface area contributed by atoms with Gasteiger partial charge in [-0.1, -0.05) is 60.7 Å². The lowest BCUT2D eigenvalue weighted by molar-refractivity contribution is -0.314. The number of carbonyl (C=O) groups is 1. The van der Waals surface area contributed by atoms with E-state index in [0.29, 0.717) is 6.61 Å². The molecule has 33 heavy (non-hydrogen) atoms. The van der Waals surface area contributed by atoms with Gasteiger partial charge in [0.15, 0.2) is 6.29 Å². The molecule has 0 amide bonds. The molecule has 1 aliphatic rings. The number of hydrogen-bond acceptors (Lipinski definition) is 7. The fraction of sp³-hybridized carbons (Fsp3) is 0.500. The first-order valence-corrected chi connectivity index (χ1v) is 11.1. The van der Waals surface area contributed by atoms with Crippen LogP contribution in [0.3, 0.4) is 0 Å². The molecule has 1 aliphatic heterocycles. The van der Waals surface area contributed by atoms with Crippen molar-refractivity contribution < 1.29 is 33.6 Å². The SMILES string of the molecule is CO[C@@H]1O[C@H](COC(=O)C(C)(C)C)[C@@H](O)[C@H](OCc2ccccc2)[C@@H]1OCc1ccccc1. The van der Waals surface area contributed by atoms with Gasteiger partial charge in [0.05, 0.1) is 18.6 Å². The molecule has 0 aliphatic carbocycles. The summed E-state index contributed by atoms with van der Waals surface area (Å²) < 4.78 is 29.2. The standard InChI is InChI=1S/C26H34O7/c1-26(2,3)25(28)32-17-20-21(27)22(30-15-18-11-7-5-8-12-18)23(24(29-4)33-20)31-16-19-13-9-6-10-14-19/h5-14,20-24,27H,15-17H2,1-4H3/t20-,21-,22+,23+,24-/m1/s1. The molecule has 1 heterocycles. The van der Waals surface area contributed by atoms with Crippen LogP contribution in [0.4, 0.5) is 0 Å². The van der Waals surface area contributed by atoms with Crippen molar-refractivity contribution in [1.29, 1.82) is 0 Å². The zero-order valence-electron chi connectivity index (χ0n) is 19.7. The van der Waals surface area contributed by atoms with Crippen LogP contribution in [0, 0.1) is 5.41 Å². The zero-order valence-corrected chi connectivity index (χ0v) is 19.7. The van der Waals surface area contributed by atoms with Crippen LogP contribution in [-0.2, 0) is 41.7 Å². The van der Waals surface area contributed by atoms with Gasteiger partial charge in [0.2, 0.25) is 0 Å². The predicted molar refractivity (Wildman–Crippen MR) is 122 cm³/mol. The molecule has 0 radical (unpaired) electrons. The Bertz CT molecular complexity index is 850. The number of ether oxygens (including phenoxy) is 5. The number of methoxy groups -OCH3 is 1. The van der Waals surface area contributed by atoms with Crippen molar-refractivity contribution in [3.05, 3.63) is 71.8 Å². The van der Waals surface area contributed by atoms with E-state index in [0.717, 1.165) is 11.1 Å². The van der Waals surface area contributed by atoms with Crippen LogP contribution in [0.2, 0.25) is 0 Å². The van der Waals surface area contributed by atoms with E-state index >= 15 is 0 Å². The summed E-state index contributed by atoms with van der Waals surface area (Å²) >= 11 is 0. The zero-order chi connectivity index (χ0) is 23.8. The summed E-state index contributed by atoms with van der Waals surface area (Å²) in [6.45, 7) is 5.77. The van der Waals surface area contributed by atoms with Gasteiger partial charge < -0.3 is 28.8 Å². The summed E-state index contributed by atoms with van der Waals surface area (Å²) in [5, 5.41) is 11.1. The molecule has 0 spiro atoms. The van der Waals surface area contributed by atoms with E-state index in [1.807, 2.05) is 60.7 Å². The monoisotopic (exact) mass is 458 g/mol. The van der Waals surface area contributed by atoms with Gasteiger partial charge in [0, 0.05) is 7.11 Å². The summed E-state index contributed by atoms with van der Waals surface area (Å²) in [7, 11) is 1.51. The Hall–Kier alpha value is -2.29. The Morgan fingerprint density at radius 1 is 0.909 bits per heavy atom. The van der Waals surface area contributed by atoms with E-state index in [4.69, 9.17) is 23.7 Å². The minimum absolute atomic E-state index is 0.117. The van der Waals surface area contributed by atoms with E-state index < -0.39 is 36.1 Å². The third-order valence-corrected chi connectivity index (χ3v) is 5.41. The Morgan fingerprint density at radius 2 is 1.42 bits per heavy atom. The summed E-state index contributed by atoms with van der Waals surface area (Å²) in [6.07, 6.45) is -4.17. The quantitative estimate of drug-likeness (QED) is 0.576. The number of aliphatic hydroxyl groups excluding tert-OH is 1. The number of benzene rings is 2. The van der Waals surface area contributed by atoms with Gasteiger partial charge in [-0.2, -0.15) is 0 Å². The lowest BCUT2D eigenvalue weighted by atomic mass is 9.96. The Kier molecular flexibility index (Phi) is 9.00. The third-order valence-electron chi connectivity index (χ3n) is 5.41. The number of rotatable bonds is 9. The summed E-state index contributed by atoms with van der Waals surface area (Å²) in [5.41, 5.74) is 1.28. The van der Waals surface area contributed by atoms with Crippen molar-refractivity contribution in [3.63, 3.8) is 0 Å². The number of hydrogen-bond donors (Lipinski definition) is 1. The first-order valence-electron chi connectivity index (χ1n) is 11.1. The predicted octanol–water partition coefficient (Wildman–Crippen LogP) is 3.48. The topological polar surface area (TPSA) is 83.5 Å². The second-order valence-corrected chi connectivity index (χ2v) is 9.14. The first-order chi connectivity index (χ1) is 15.8. The molecule has 0 aromatic heterocycles. The highest BCUT2D eigenvalue weighted by Crippen LogP contribution is 2.29. The lowest BCUT2D eigenvalue weighted by Crippen LogP contribution is -2.61. The number of esters is 1. The highest BCUT2D eigenvalue weighted by atomic mass is 16.7. The van der Waals surface area contributed by atoms with Crippen LogP contribution >= 0.6 is 0 Å². The smallest absolute Gasteiger partial charge is 0.311 e. The summed E-state index contributed by atoms with van der Waals surface area (Å²) in [6, 6.07) is 19.4. The Morgan fingerprint density at radius 3 is 1.91 bits per heavy atom. The molecule has 2 aromatic carbocycles. The van der Waals surface area contributed by atoms with Crippen molar-refractivity contribution >= 4 is 5.97 Å². The van der Waals surface area contributed by atoms with Crippen LogP contribution in [0.1, 0.15) is 31.9 Å². The van der Waals surface area contributed by atoms with Crippen molar-refractivity contribution in [2.24, 2.45) is 5.41 Å². The van der Waals surface area contributed by atoms with Gasteiger partial charge in [0.25, 0.3) is 0 Å². The molecule has 1 saturated heterocycles. The normalized spacial score (nSPS) is 25.5. The molecule has 7 nitrogen and oxygen atoms in total. The average Bonchev–Trinajstić information content (AvgIpc) is 2.81. The highest BCUT2D eigenvalue weighted by Gasteiger charge is 2.47. The summed E-state index contributed by atoms with van der Waals surface area (Å²) in [5.74, 6) is -0.378. The van der Waals surface area contributed by atoms with Crippen molar-refractivity contribution in [1.82, 2.24) is 0 Å². The summed E-state index contributed by atoms with van der Waals surface area (Å²) in [4.78, 5) is 12.2. The molecule has 2 aromatic rings. The maximum atomic E-state index is 12.2.